The summed E-state index contributed by atoms with van der Waals surface area (Å²) in [5, 5.41) is 16.0. The molecule has 2 heterocycles. The third-order valence-electron chi connectivity index (χ3n) is 6.01. The molecule has 4 aromatic rings. The van der Waals surface area contributed by atoms with E-state index >= 15 is 0 Å². The Labute approximate surface area is 180 Å². The van der Waals surface area contributed by atoms with Crippen molar-refractivity contribution in [1.29, 1.82) is 0 Å². The molecule has 0 atom stereocenters. The summed E-state index contributed by atoms with van der Waals surface area (Å²) in [6.07, 6.45) is 5.14. The van der Waals surface area contributed by atoms with E-state index in [-0.39, 0.29) is 5.91 Å². The number of nitrogens with one attached hydrogen (secondary N) is 2. The maximum absolute atomic E-state index is 12.2. The van der Waals surface area contributed by atoms with Gasteiger partial charge in [0, 0.05) is 36.5 Å². The second kappa shape index (κ2) is 7.65. The number of nitrogens with zero attached hydrogens (tertiary/aromatic N) is 4. The van der Waals surface area contributed by atoms with Crippen LogP contribution in [0.3, 0.4) is 0 Å². The monoisotopic (exact) mass is 414 g/mol. The summed E-state index contributed by atoms with van der Waals surface area (Å²) in [7, 11) is 1.94. The van der Waals surface area contributed by atoms with Gasteiger partial charge in [-0.15, -0.1) is 0 Å². The van der Waals surface area contributed by atoms with Crippen LogP contribution >= 0.6 is 0 Å². The summed E-state index contributed by atoms with van der Waals surface area (Å²) >= 11 is 0. The average molecular weight is 415 g/mol. The Hall–Kier alpha value is -3.48. The number of aromatic amines is 1. The summed E-state index contributed by atoms with van der Waals surface area (Å²) in [4.78, 5) is 17.0. The van der Waals surface area contributed by atoms with E-state index in [4.69, 9.17) is 4.98 Å². The minimum absolute atomic E-state index is 0.0523. The van der Waals surface area contributed by atoms with Crippen LogP contribution < -0.4 is 5.32 Å². The van der Waals surface area contributed by atoms with Crippen molar-refractivity contribution in [3.63, 3.8) is 0 Å². The van der Waals surface area contributed by atoms with Gasteiger partial charge in [0.25, 0.3) is 5.91 Å². The summed E-state index contributed by atoms with van der Waals surface area (Å²) < 4.78 is 1.86. The molecule has 1 amide bonds. The maximum atomic E-state index is 12.2. The lowest BCUT2D eigenvalue weighted by Crippen LogP contribution is -2.23. The lowest BCUT2D eigenvalue weighted by molar-refractivity contribution is 0.0955. The molecule has 0 saturated heterocycles. The average Bonchev–Trinajstić information content (AvgIpc) is 3.36. The first-order valence-electron chi connectivity index (χ1n) is 10.8. The van der Waals surface area contributed by atoms with Gasteiger partial charge in [0.2, 0.25) is 0 Å². The SMILES string of the molecule is CCNC(=O)c1ccc(-c2nc(Cc3ccc4[nH]ncc4c3C3CC3)n(C)n2)cc1C. The fraction of sp³-hybridized carbons (Fsp3) is 0.333. The molecular weight excluding hydrogens is 388 g/mol. The van der Waals surface area contributed by atoms with E-state index in [1.54, 1.807) is 0 Å². The normalized spacial score (nSPS) is 13.6. The van der Waals surface area contributed by atoms with E-state index in [2.05, 4.69) is 32.7 Å². The zero-order valence-electron chi connectivity index (χ0n) is 18.1. The van der Waals surface area contributed by atoms with Crippen molar-refractivity contribution in [3.05, 3.63) is 64.6 Å². The van der Waals surface area contributed by atoms with Gasteiger partial charge in [0.1, 0.15) is 5.82 Å². The highest BCUT2D eigenvalue weighted by Crippen LogP contribution is 2.45. The lowest BCUT2D eigenvalue weighted by atomic mass is 9.96. The molecule has 1 aliphatic rings. The van der Waals surface area contributed by atoms with Crippen molar-refractivity contribution < 1.29 is 4.79 Å². The highest BCUT2D eigenvalue weighted by molar-refractivity contribution is 5.96. The zero-order valence-corrected chi connectivity index (χ0v) is 18.1. The van der Waals surface area contributed by atoms with Crippen LogP contribution in [0.4, 0.5) is 0 Å². The van der Waals surface area contributed by atoms with E-state index in [0.29, 0.717) is 23.9 Å². The predicted octanol–water partition coefficient (Wildman–Crippen LogP) is 3.88. The Bertz CT molecular complexity index is 1280. The molecule has 7 nitrogen and oxygen atoms in total. The Kier molecular flexibility index (Phi) is 4.81. The van der Waals surface area contributed by atoms with Gasteiger partial charge in [-0.2, -0.15) is 10.2 Å². The van der Waals surface area contributed by atoms with Gasteiger partial charge >= 0.3 is 0 Å². The number of carbonyl (C=O) groups is 1. The third-order valence-corrected chi connectivity index (χ3v) is 6.01. The standard InChI is InChI=1S/C24H26N6O/c1-4-25-24(31)18-9-7-17(11-14(18)2)23-27-21(30(3)29-23)12-16-8-10-20-19(13-26-28-20)22(16)15-5-6-15/h7-11,13,15H,4-6,12H2,1-3H3,(H,25,31)(H,26,28). The number of H-pyrrole nitrogens is 1. The number of aryl methyl sites for hydroxylation is 2. The summed E-state index contributed by atoms with van der Waals surface area (Å²) in [5.41, 5.74) is 6.30. The molecule has 2 aromatic carbocycles. The van der Waals surface area contributed by atoms with Crippen molar-refractivity contribution in [2.75, 3.05) is 6.54 Å². The molecular formula is C24H26N6O. The van der Waals surface area contributed by atoms with Gasteiger partial charge in [-0.05, 0) is 67.5 Å². The number of benzene rings is 2. The smallest absolute Gasteiger partial charge is 0.251 e. The second-order valence-corrected chi connectivity index (χ2v) is 8.29. The Morgan fingerprint density at radius 3 is 2.84 bits per heavy atom. The second-order valence-electron chi connectivity index (χ2n) is 8.29. The van der Waals surface area contributed by atoms with Crippen LogP contribution in [0, 0.1) is 6.92 Å². The van der Waals surface area contributed by atoms with Gasteiger partial charge in [-0.1, -0.05) is 12.1 Å². The fourth-order valence-corrected chi connectivity index (χ4v) is 4.27. The van der Waals surface area contributed by atoms with E-state index in [1.807, 2.05) is 50.0 Å². The first-order chi connectivity index (χ1) is 15.0. The number of carbonyl (C=O) groups excluding carboxylic acids is 1. The summed E-state index contributed by atoms with van der Waals surface area (Å²) in [5.74, 6) is 2.17. The van der Waals surface area contributed by atoms with Crippen LogP contribution in [0.25, 0.3) is 22.3 Å². The molecule has 0 bridgehead atoms. The third kappa shape index (κ3) is 3.60. The summed E-state index contributed by atoms with van der Waals surface area (Å²) in [6, 6.07) is 10.0. The molecule has 0 unspecified atom stereocenters. The van der Waals surface area contributed by atoms with Gasteiger partial charge in [-0.25, -0.2) is 4.98 Å². The van der Waals surface area contributed by atoms with Crippen molar-refractivity contribution in [2.45, 2.75) is 39.0 Å². The number of aromatic nitrogens is 5. The first-order valence-corrected chi connectivity index (χ1v) is 10.8. The molecule has 1 aliphatic carbocycles. The zero-order chi connectivity index (χ0) is 21.5. The van der Waals surface area contributed by atoms with E-state index in [0.717, 1.165) is 28.9 Å². The lowest BCUT2D eigenvalue weighted by Gasteiger charge is -2.09. The quantitative estimate of drug-likeness (QED) is 0.501. The van der Waals surface area contributed by atoms with Crippen LogP contribution in [0.15, 0.2) is 36.5 Å². The Morgan fingerprint density at radius 2 is 2.10 bits per heavy atom. The number of amides is 1. The molecule has 7 heteroatoms. The number of rotatable bonds is 6. The maximum Gasteiger partial charge on any atom is 0.251 e. The molecule has 0 radical (unpaired) electrons. The minimum Gasteiger partial charge on any atom is -0.352 e. The highest BCUT2D eigenvalue weighted by Gasteiger charge is 2.29. The van der Waals surface area contributed by atoms with Gasteiger partial charge < -0.3 is 5.32 Å². The van der Waals surface area contributed by atoms with Crippen LogP contribution in [0.1, 0.15) is 58.6 Å². The van der Waals surface area contributed by atoms with Crippen LogP contribution in [-0.2, 0) is 13.5 Å². The van der Waals surface area contributed by atoms with Gasteiger partial charge in [0.15, 0.2) is 5.82 Å². The molecule has 1 saturated carbocycles. The number of hydrogen-bond acceptors (Lipinski definition) is 4. The summed E-state index contributed by atoms with van der Waals surface area (Å²) in [6.45, 7) is 4.47. The van der Waals surface area contributed by atoms with Crippen LogP contribution in [0.5, 0.6) is 0 Å². The predicted molar refractivity (Wildman–Crippen MR) is 120 cm³/mol. The van der Waals surface area contributed by atoms with E-state index in [9.17, 15) is 4.79 Å². The van der Waals surface area contributed by atoms with Crippen molar-refractivity contribution in [2.24, 2.45) is 7.05 Å². The molecule has 5 rings (SSSR count). The van der Waals surface area contributed by atoms with E-state index in [1.165, 1.54) is 29.4 Å². The molecule has 2 aromatic heterocycles. The van der Waals surface area contributed by atoms with Gasteiger partial charge in [-0.3, -0.25) is 14.6 Å². The van der Waals surface area contributed by atoms with Crippen molar-refractivity contribution in [1.82, 2.24) is 30.3 Å². The molecule has 2 N–H and O–H groups in total. The van der Waals surface area contributed by atoms with Crippen molar-refractivity contribution in [3.8, 4) is 11.4 Å². The molecule has 158 valence electrons. The first kappa shape index (κ1) is 19.5. The van der Waals surface area contributed by atoms with E-state index < -0.39 is 0 Å². The highest BCUT2D eigenvalue weighted by atomic mass is 16.1. The molecule has 0 spiro atoms. The fourth-order valence-electron chi connectivity index (χ4n) is 4.27. The Balaban J connectivity index is 1.46. The molecule has 31 heavy (non-hydrogen) atoms. The number of fused-ring (bicyclic) bond motifs is 1. The minimum atomic E-state index is -0.0523. The van der Waals surface area contributed by atoms with Crippen molar-refractivity contribution >= 4 is 16.8 Å². The topological polar surface area (TPSA) is 88.5 Å². The largest absolute Gasteiger partial charge is 0.352 e. The molecule has 1 fully saturated rings. The van der Waals surface area contributed by atoms with Crippen LogP contribution in [0.2, 0.25) is 0 Å². The molecule has 0 aliphatic heterocycles. The Morgan fingerprint density at radius 1 is 1.26 bits per heavy atom. The van der Waals surface area contributed by atoms with Crippen LogP contribution in [-0.4, -0.2) is 37.4 Å². The van der Waals surface area contributed by atoms with Gasteiger partial charge in [0.05, 0.1) is 11.7 Å². The number of hydrogen-bond donors (Lipinski definition) is 2.